The number of carbonyl (C=O) groups excluding carboxylic acids is 2. The van der Waals surface area contributed by atoms with E-state index in [1.165, 1.54) is 12.5 Å². The summed E-state index contributed by atoms with van der Waals surface area (Å²) < 4.78 is 0. The van der Waals surface area contributed by atoms with Gasteiger partial charge < -0.3 is 10.2 Å². The van der Waals surface area contributed by atoms with Crippen LogP contribution in [0, 0.1) is 0 Å². The van der Waals surface area contributed by atoms with Crippen LogP contribution in [0.3, 0.4) is 0 Å². The van der Waals surface area contributed by atoms with Crippen LogP contribution in [-0.4, -0.2) is 23.7 Å². The van der Waals surface area contributed by atoms with Crippen molar-refractivity contribution in [2.75, 3.05) is 17.3 Å². The quantitative estimate of drug-likeness (QED) is 0.671. The lowest BCUT2D eigenvalue weighted by molar-refractivity contribution is 0.101. The van der Waals surface area contributed by atoms with Gasteiger partial charge in [0.15, 0.2) is 5.78 Å². The van der Waals surface area contributed by atoms with Crippen molar-refractivity contribution in [2.24, 2.45) is 0 Å². The maximum Gasteiger partial charge on any atom is 0.257 e. The molecule has 0 aliphatic carbocycles. The van der Waals surface area contributed by atoms with E-state index in [1.807, 2.05) is 36.2 Å². The standard InChI is InChI=1S/C22H21N3O2/c1-16(26)18-9-6-10-20(13-18)24-22(27)19-11-12-21(23-14-19)25(2)15-17-7-4-3-5-8-17/h3-14H,15H2,1-2H3,(H,24,27). The normalized spacial score (nSPS) is 10.3. The van der Waals surface area contributed by atoms with Crippen LogP contribution in [-0.2, 0) is 6.54 Å². The number of benzene rings is 2. The van der Waals surface area contributed by atoms with Crippen LogP contribution >= 0.6 is 0 Å². The van der Waals surface area contributed by atoms with E-state index in [-0.39, 0.29) is 11.7 Å². The van der Waals surface area contributed by atoms with Gasteiger partial charge in [0.25, 0.3) is 5.91 Å². The summed E-state index contributed by atoms with van der Waals surface area (Å²) >= 11 is 0. The highest BCUT2D eigenvalue weighted by Crippen LogP contribution is 2.16. The number of Topliss-reactive ketones (excluding diaryl/α,β-unsaturated/α-hetero) is 1. The first-order valence-electron chi connectivity index (χ1n) is 8.66. The molecule has 136 valence electrons. The van der Waals surface area contributed by atoms with Gasteiger partial charge in [-0.05, 0) is 36.8 Å². The molecule has 0 spiro atoms. The third kappa shape index (κ3) is 4.79. The number of rotatable bonds is 6. The molecule has 3 rings (SSSR count). The zero-order valence-corrected chi connectivity index (χ0v) is 15.3. The van der Waals surface area contributed by atoms with Gasteiger partial charge in [0.05, 0.1) is 5.56 Å². The number of ketones is 1. The number of nitrogens with one attached hydrogen (secondary N) is 1. The highest BCUT2D eigenvalue weighted by molar-refractivity contribution is 6.05. The fourth-order valence-corrected chi connectivity index (χ4v) is 2.70. The first-order chi connectivity index (χ1) is 13.0. The van der Waals surface area contributed by atoms with E-state index < -0.39 is 0 Å². The van der Waals surface area contributed by atoms with Crippen molar-refractivity contribution in [3.63, 3.8) is 0 Å². The maximum atomic E-state index is 12.4. The Morgan fingerprint density at radius 2 is 1.74 bits per heavy atom. The zero-order chi connectivity index (χ0) is 19.2. The molecule has 5 heteroatoms. The second kappa shape index (κ2) is 8.27. The number of nitrogens with zero attached hydrogens (tertiary/aromatic N) is 2. The molecular formula is C22H21N3O2. The average Bonchev–Trinajstić information content (AvgIpc) is 2.69. The van der Waals surface area contributed by atoms with E-state index >= 15 is 0 Å². The van der Waals surface area contributed by atoms with Crippen molar-refractivity contribution in [1.29, 1.82) is 0 Å². The first kappa shape index (κ1) is 18.3. The maximum absolute atomic E-state index is 12.4. The Kier molecular flexibility index (Phi) is 5.61. The Balaban J connectivity index is 1.66. The number of anilines is 2. The molecule has 0 atom stereocenters. The van der Waals surface area contributed by atoms with Gasteiger partial charge in [-0.1, -0.05) is 42.5 Å². The molecule has 1 aromatic heterocycles. The Morgan fingerprint density at radius 3 is 2.41 bits per heavy atom. The van der Waals surface area contributed by atoms with Crippen molar-refractivity contribution < 1.29 is 9.59 Å². The van der Waals surface area contributed by atoms with Gasteiger partial charge in [-0.15, -0.1) is 0 Å². The molecule has 0 saturated carbocycles. The van der Waals surface area contributed by atoms with Crippen LogP contribution in [0.5, 0.6) is 0 Å². The molecule has 0 bridgehead atoms. The molecule has 0 aliphatic rings. The van der Waals surface area contributed by atoms with Crippen LogP contribution in [0.1, 0.15) is 33.2 Å². The van der Waals surface area contributed by atoms with Crippen molar-refractivity contribution in [3.8, 4) is 0 Å². The topological polar surface area (TPSA) is 62.3 Å². The molecule has 2 aromatic carbocycles. The Hall–Kier alpha value is -3.47. The molecule has 0 radical (unpaired) electrons. The summed E-state index contributed by atoms with van der Waals surface area (Å²) in [5, 5.41) is 2.80. The predicted octanol–water partition coefficient (Wildman–Crippen LogP) is 4.17. The highest BCUT2D eigenvalue weighted by atomic mass is 16.1. The van der Waals surface area contributed by atoms with Gasteiger partial charge in [0.2, 0.25) is 0 Å². The largest absolute Gasteiger partial charge is 0.355 e. The van der Waals surface area contributed by atoms with Crippen molar-refractivity contribution in [3.05, 3.63) is 89.6 Å². The van der Waals surface area contributed by atoms with Crippen LogP contribution in [0.25, 0.3) is 0 Å². The lowest BCUT2D eigenvalue weighted by atomic mass is 10.1. The third-order valence-electron chi connectivity index (χ3n) is 4.19. The Morgan fingerprint density at radius 1 is 0.963 bits per heavy atom. The van der Waals surface area contributed by atoms with Crippen LogP contribution in [0.4, 0.5) is 11.5 Å². The molecule has 0 saturated heterocycles. The van der Waals surface area contributed by atoms with Crippen molar-refractivity contribution >= 4 is 23.2 Å². The molecule has 0 aliphatic heterocycles. The van der Waals surface area contributed by atoms with E-state index in [1.54, 1.807) is 36.5 Å². The molecule has 5 nitrogen and oxygen atoms in total. The van der Waals surface area contributed by atoms with Gasteiger partial charge in [-0.3, -0.25) is 9.59 Å². The minimum absolute atomic E-state index is 0.0430. The van der Waals surface area contributed by atoms with Gasteiger partial charge >= 0.3 is 0 Å². The predicted molar refractivity (Wildman–Crippen MR) is 107 cm³/mol. The SMILES string of the molecule is CC(=O)c1cccc(NC(=O)c2ccc(N(C)Cc3ccccc3)nc2)c1. The summed E-state index contributed by atoms with van der Waals surface area (Å²) in [5.41, 5.74) is 2.79. The van der Waals surface area contributed by atoms with Gasteiger partial charge in [-0.2, -0.15) is 0 Å². The zero-order valence-electron chi connectivity index (χ0n) is 15.3. The molecule has 0 unspecified atom stereocenters. The molecule has 0 fully saturated rings. The van der Waals surface area contributed by atoms with Gasteiger partial charge in [-0.25, -0.2) is 4.98 Å². The Bertz CT molecular complexity index is 937. The van der Waals surface area contributed by atoms with Crippen LogP contribution in [0.15, 0.2) is 72.9 Å². The first-order valence-corrected chi connectivity index (χ1v) is 8.66. The molecule has 1 N–H and O–H groups in total. The molecule has 1 amide bonds. The van der Waals surface area contributed by atoms with Gasteiger partial charge in [0, 0.05) is 31.0 Å². The van der Waals surface area contributed by atoms with E-state index in [0.717, 1.165) is 12.4 Å². The number of carbonyl (C=O) groups is 2. The highest BCUT2D eigenvalue weighted by Gasteiger charge is 2.10. The number of hydrogen-bond donors (Lipinski definition) is 1. The number of aromatic nitrogens is 1. The molecule has 1 heterocycles. The van der Waals surface area contributed by atoms with Gasteiger partial charge in [0.1, 0.15) is 5.82 Å². The van der Waals surface area contributed by atoms with E-state index in [2.05, 4.69) is 22.4 Å². The summed E-state index contributed by atoms with van der Waals surface area (Å²) in [5.74, 6) is 0.480. The summed E-state index contributed by atoms with van der Waals surface area (Å²) in [6.45, 7) is 2.23. The monoisotopic (exact) mass is 359 g/mol. The minimum atomic E-state index is -0.263. The second-order valence-electron chi connectivity index (χ2n) is 6.34. The minimum Gasteiger partial charge on any atom is -0.355 e. The molecule has 27 heavy (non-hydrogen) atoms. The second-order valence-corrected chi connectivity index (χ2v) is 6.34. The Labute approximate surface area is 158 Å². The van der Waals surface area contributed by atoms with E-state index in [0.29, 0.717) is 16.8 Å². The average molecular weight is 359 g/mol. The smallest absolute Gasteiger partial charge is 0.257 e. The number of hydrogen-bond acceptors (Lipinski definition) is 4. The third-order valence-corrected chi connectivity index (χ3v) is 4.19. The van der Waals surface area contributed by atoms with Crippen LogP contribution in [0.2, 0.25) is 0 Å². The van der Waals surface area contributed by atoms with Crippen molar-refractivity contribution in [2.45, 2.75) is 13.5 Å². The fourth-order valence-electron chi connectivity index (χ4n) is 2.70. The summed E-state index contributed by atoms with van der Waals surface area (Å²) in [4.78, 5) is 30.3. The lowest BCUT2D eigenvalue weighted by Gasteiger charge is -2.18. The van der Waals surface area contributed by atoms with E-state index in [9.17, 15) is 9.59 Å². The number of pyridine rings is 1. The van der Waals surface area contributed by atoms with Crippen LogP contribution < -0.4 is 10.2 Å². The van der Waals surface area contributed by atoms with E-state index in [4.69, 9.17) is 0 Å². The summed E-state index contributed by atoms with van der Waals surface area (Å²) in [7, 11) is 1.96. The lowest BCUT2D eigenvalue weighted by Crippen LogP contribution is -2.18. The molecule has 3 aromatic rings. The summed E-state index contributed by atoms with van der Waals surface area (Å²) in [6.07, 6.45) is 1.56. The summed E-state index contributed by atoms with van der Waals surface area (Å²) in [6, 6.07) is 20.6. The fraction of sp³-hybridized carbons (Fsp3) is 0.136. The number of amides is 1. The van der Waals surface area contributed by atoms with Crippen molar-refractivity contribution in [1.82, 2.24) is 4.98 Å². The molecular weight excluding hydrogens is 338 g/mol.